The van der Waals surface area contributed by atoms with Gasteiger partial charge in [0.05, 0.1) is 18.3 Å². The maximum Gasteiger partial charge on any atom is 0.486 e. The fourth-order valence-electron chi connectivity index (χ4n) is 1.36. The molecule has 1 saturated heterocycles. The monoisotopic (exact) mass is 241 g/mol. The molecule has 0 spiro atoms. The highest BCUT2D eigenvalue weighted by atomic mass is 16.7. The van der Waals surface area contributed by atoms with Gasteiger partial charge in [0.25, 0.3) is 0 Å². The van der Waals surface area contributed by atoms with Crippen molar-refractivity contribution >= 4 is 13.2 Å². The molecule has 0 unspecified atom stereocenters. The molecule has 0 radical (unpaired) electrons. The van der Waals surface area contributed by atoms with Gasteiger partial charge in [-0.1, -0.05) is 12.1 Å². The van der Waals surface area contributed by atoms with Crippen LogP contribution in [0, 0.1) is 0 Å². The molecular weight excluding hydrogens is 221 g/mol. The van der Waals surface area contributed by atoms with Gasteiger partial charge in [0.15, 0.2) is 0 Å². The van der Waals surface area contributed by atoms with Gasteiger partial charge in [-0.05, 0) is 27.7 Å². The summed E-state index contributed by atoms with van der Waals surface area (Å²) in [5.41, 5.74) is -0.671. The molecule has 0 atom stereocenters. The highest BCUT2D eigenvalue weighted by Crippen LogP contribution is 2.36. The zero-order chi connectivity index (χ0) is 13.1. The fraction of sp³-hybridized carbons (Fsp3) is 0.727. The third-order valence-electron chi connectivity index (χ3n) is 3.11. The van der Waals surface area contributed by atoms with E-state index in [-0.39, 0.29) is 18.3 Å². The highest BCUT2D eigenvalue weighted by molar-refractivity contribution is 6.51. The number of rotatable bonds is 3. The standard InChI is InChI=1S/C11H20BNO4/c1-10(2)11(3,4)17-12(16-10)7-6-8-13-9(14)15-5/h6-7H,8H2,1-5H3,(H,13,14). The first-order valence-electron chi connectivity index (χ1n) is 5.62. The zero-order valence-electron chi connectivity index (χ0n) is 11.1. The molecular formula is C11H20BNO4. The quantitative estimate of drug-likeness (QED) is 0.761. The molecule has 1 N–H and O–H groups in total. The molecule has 1 aliphatic heterocycles. The van der Waals surface area contributed by atoms with E-state index in [2.05, 4.69) is 10.1 Å². The Morgan fingerprint density at radius 3 is 2.29 bits per heavy atom. The van der Waals surface area contributed by atoms with Gasteiger partial charge in [-0.25, -0.2) is 4.79 Å². The van der Waals surface area contributed by atoms with Crippen LogP contribution in [-0.2, 0) is 14.0 Å². The van der Waals surface area contributed by atoms with E-state index >= 15 is 0 Å². The van der Waals surface area contributed by atoms with Crippen LogP contribution in [0.15, 0.2) is 12.1 Å². The largest absolute Gasteiger partial charge is 0.486 e. The Bertz CT molecular complexity index is 299. The van der Waals surface area contributed by atoms with Crippen molar-refractivity contribution in [1.29, 1.82) is 0 Å². The van der Waals surface area contributed by atoms with Crippen molar-refractivity contribution < 1.29 is 18.8 Å². The molecule has 1 heterocycles. The summed E-state index contributed by atoms with van der Waals surface area (Å²) in [4.78, 5) is 10.8. The van der Waals surface area contributed by atoms with E-state index in [9.17, 15) is 4.79 Å². The van der Waals surface area contributed by atoms with Gasteiger partial charge in [0.1, 0.15) is 0 Å². The lowest BCUT2D eigenvalue weighted by Gasteiger charge is -2.32. The first kappa shape index (κ1) is 14.1. The van der Waals surface area contributed by atoms with Crippen LogP contribution in [0.2, 0.25) is 0 Å². The van der Waals surface area contributed by atoms with E-state index in [1.54, 1.807) is 12.1 Å². The summed E-state index contributed by atoms with van der Waals surface area (Å²) in [7, 11) is 0.951. The number of carbonyl (C=O) groups is 1. The summed E-state index contributed by atoms with van der Waals surface area (Å²) in [6.45, 7) is 8.36. The van der Waals surface area contributed by atoms with Crippen molar-refractivity contribution in [1.82, 2.24) is 5.32 Å². The third-order valence-corrected chi connectivity index (χ3v) is 3.11. The first-order valence-corrected chi connectivity index (χ1v) is 5.62. The van der Waals surface area contributed by atoms with E-state index in [0.717, 1.165) is 0 Å². The molecule has 5 nitrogen and oxygen atoms in total. The van der Waals surface area contributed by atoms with E-state index in [1.165, 1.54) is 7.11 Å². The lowest BCUT2D eigenvalue weighted by atomic mass is 9.90. The number of alkyl carbamates (subject to hydrolysis) is 1. The zero-order valence-corrected chi connectivity index (χ0v) is 11.1. The van der Waals surface area contributed by atoms with Gasteiger partial charge in [-0.3, -0.25) is 0 Å². The molecule has 0 aromatic rings. The van der Waals surface area contributed by atoms with E-state index in [4.69, 9.17) is 9.31 Å². The van der Waals surface area contributed by atoms with E-state index in [1.807, 2.05) is 27.7 Å². The number of amides is 1. The fourth-order valence-corrected chi connectivity index (χ4v) is 1.36. The Labute approximate surface area is 103 Å². The van der Waals surface area contributed by atoms with Crippen molar-refractivity contribution in [2.24, 2.45) is 0 Å². The molecule has 0 saturated carbocycles. The number of ether oxygens (including phenoxy) is 1. The van der Waals surface area contributed by atoms with Crippen LogP contribution >= 0.6 is 0 Å². The summed E-state index contributed by atoms with van der Waals surface area (Å²) in [6, 6.07) is 0. The minimum absolute atomic E-state index is 0.336. The first-order chi connectivity index (χ1) is 7.78. The van der Waals surface area contributed by atoms with Crippen LogP contribution in [0.5, 0.6) is 0 Å². The molecule has 0 aromatic heterocycles. The lowest BCUT2D eigenvalue weighted by Crippen LogP contribution is -2.41. The van der Waals surface area contributed by atoms with Crippen molar-refractivity contribution in [2.75, 3.05) is 13.7 Å². The normalized spacial score (nSPS) is 21.8. The Morgan fingerprint density at radius 1 is 1.29 bits per heavy atom. The lowest BCUT2D eigenvalue weighted by molar-refractivity contribution is 0.00578. The van der Waals surface area contributed by atoms with Crippen LogP contribution < -0.4 is 5.32 Å². The Hall–Kier alpha value is -1.01. The second-order valence-corrected chi connectivity index (χ2v) is 4.93. The number of hydrogen-bond donors (Lipinski definition) is 1. The third kappa shape index (κ3) is 3.47. The summed E-state index contributed by atoms with van der Waals surface area (Å²) in [5.74, 6) is 1.78. The van der Waals surface area contributed by atoms with Crippen molar-refractivity contribution in [3.05, 3.63) is 12.1 Å². The maximum absolute atomic E-state index is 10.8. The average Bonchev–Trinajstić information content (AvgIpc) is 2.42. The minimum Gasteiger partial charge on any atom is -0.453 e. The average molecular weight is 241 g/mol. The van der Waals surface area contributed by atoms with E-state index < -0.39 is 6.09 Å². The minimum atomic E-state index is -0.455. The summed E-state index contributed by atoms with van der Waals surface area (Å²) >= 11 is 0. The molecule has 96 valence electrons. The van der Waals surface area contributed by atoms with Crippen LogP contribution in [-0.4, -0.2) is 38.1 Å². The van der Waals surface area contributed by atoms with Gasteiger partial charge in [0, 0.05) is 6.54 Å². The van der Waals surface area contributed by atoms with Crippen molar-refractivity contribution in [3.63, 3.8) is 0 Å². The smallest absolute Gasteiger partial charge is 0.453 e. The molecule has 1 rings (SSSR count). The summed E-state index contributed by atoms with van der Waals surface area (Å²) in [5, 5.41) is 2.54. The van der Waals surface area contributed by atoms with E-state index in [0.29, 0.717) is 6.54 Å². The molecule has 0 aromatic carbocycles. The van der Waals surface area contributed by atoms with Gasteiger partial charge in [0.2, 0.25) is 0 Å². The highest BCUT2D eigenvalue weighted by Gasteiger charge is 2.49. The van der Waals surface area contributed by atoms with Gasteiger partial charge in [-0.2, -0.15) is 0 Å². The topological polar surface area (TPSA) is 56.8 Å². The maximum atomic E-state index is 10.8. The molecule has 1 fully saturated rings. The molecule has 1 aliphatic rings. The second kappa shape index (κ2) is 5.10. The Morgan fingerprint density at radius 2 is 1.82 bits per heavy atom. The molecule has 1 amide bonds. The Kier molecular flexibility index (Phi) is 4.22. The molecule has 0 aliphatic carbocycles. The number of methoxy groups -OCH3 is 1. The predicted molar refractivity (Wildman–Crippen MR) is 65.6 cm³/mol. The summed E-state index contributed by atoms with van der Waals surface area (Å²) < 4.78 is 15.9. The van der Waals surface area contributed by atoms with Gasteiger partial charge >= 0.3 is 13.2 Å². The predicted octanol–water partition coefficient (Wildman–Crippen LogP) is 1.53. The molecule has 6 heteroatoms. The van der Waals surface area contributed by atoms with Crippen molar-refractivity contribution in [2.45, 2.75) is 38.9 Å². The number of carbonyl (C=O) groups excluding carboxylic acids is 1. The molecule has 0 bridgehead atoms. The van der Waals surface area contributed by atoms with Gasteiger partial charge < -0.3 is 19.4 Å². The second-order valence-electron chi connectivity index (χ2n) is 4.93. The van der Waals surface area contributed by atoms with Crippen molar-refractivity contribution in [3.8, 4) is 0 Å². The van der Waals surface area contributed by atoms with Crippen LogP contribution in [0.4, 0.5) is 4.79 Å². The van der Waals surface area contributed by atoms with Crippen LogP contribution in [0.3, 0.4) is 0 Å². The van der Waals surface area contributed by atoms with Gasteiger partial charge in [-0.15, -0.1) is 0 Å². The van der Waals surface area contributed by atoms with Crippen LogP contribution in [0.25, 0.3) is 0 Å². The number of hydrogen-bond acceptors (Lipinski definition) is 4. The number of nitrogens with one attached hydrogen (secondary N) is 1. The van der Waals surface area contributed by atoms with Crippen LogP contribution in [0.1, 0.15) is 27.7 Å². The Balaban J connectivity index is 2.40. The SMILES string of the molecule is COC(=O)NCC=CB1OC(C)(C)C(C)(C)O1. The molecule has 17 heavy (non-hydrogen) atoms. The summed E-state index contributed by atoms with van der Waals surface area (Å²) in [6.07, 6.45) is 1.32.